The monoisotopic (exact) mass is 449 g/mol. The van der Waals surface area contributed by atoms with E-state index in [0.29, 0.717) is 29.1 Å². The van der Waals surface area contributed by atoms with Gasteiger partial charge in [-0.25, -0.2) is 9.50 Å². The summed E-state index contributed by atoms with van der Waals surface area (Å²) in [5.74, 6) is 0.00907. The number of anilines is 2. The molecule has 3 N–H and O–H groups in total. The fourth-order valence-electron chi connectivity index (χ4n) is 2.95. The molecule has 0 bridgehead atoms. The molecule has 2 aromatic heterocycles. The molecule has 1 aromatic carbocycles. The topological polar surface area (TPSA) is 91.5 Å². The van der Waals surface area contributed by atoms with Crippen LogP contribution >= 0.6 is 0 Å². The number of alkyl halides is 3. The van der Waals surface area contributed by atoms with Crippen LogP contribution in [0.3, 0.4) is 0 Å². The van der Waals surface area contributed by atoms with Crippen molar-refractivity contribution in [2.75, 3.05) is 17.2 Å². The molecule has 172 valence electrons. The van der Waals surface area contributed by atoms with Crippen molar-refractivity contribution in [3.8, 4) is 11.3 Å². The maximum atomic E-state index is 13.5. The molecule has 0 spiro atoms. The third-order valence-electron chi connectivity index (χ3n) is 4.94. The summed E-state index contributed by atoms with van der Waals surface area (Å²) in [5.41, 5.74) is -0.798. The summed E-state index contributed by atoms with van der Waals surface area (Å²) < 4.78 is 42.0. The third-order valence-corrected chi connectivity index (χ3v) is 4.94. The molecular formula is C22H26F3N5O2. The molecule has 0 fully saturated rings. The summed E-state index contributed by atoms with van der Waals surface area (Å²) in [6.45, 7) is 6.76. The first kappa shape index (κ1) is 23.5. The number of imidazole rings is 1. The highest BCUT2D eigenvalue weighted by molar-refractivity contribution is 5.96. The molecule has 0 aliphatic rings. The van der Waals surface area contributed by atoms with Crippen molar-refractivity contribution < 1.29 is 23.1 Å². The second kappa shape index (κ2) is 8.78. The standard InChI is InChI=1S/C22H26F3N5O2/c1-5-14(12-31)26-18-8-9-19-27-17(11-30(19)29-18)13-6-7-15(22(23,24)25)16(10-13)28-20(32)21(2,3)4/h6-11,14,31H,5,12H2,1-4H3,(H,26,29)(H,28,32). The Balaban J connectivity index is 1.99. The van der Waals surface area contributed by atoms with E-state index in [1.54, 1.807) is 39.1 Å². The molecule has 3 rings (SSSR count). The van der Waals surface area contributed by atoms with Gasteiger partial charge in [0.05, 0.1) is 35.8 Å². The SMILES string of the molecule is CCC(CO)Nc1ccc2nc(-c3ccc(C(F)(F)F)c(NC(=O)C(C)(C)C)c3)cn2n1. The minimum absolute atomic E-state index is 0.0417. The summed E-state index contributed by atoms with van der Waals surface area (Å²) >= 11 is 0. The lowest BCUT2D eigenvalue weighted by Gasteiger charge is -2.20. The normalized spacial score (nSPS) is 13.2. The molecule has 0 radical (unpaired) electrons. The van der Waals surface area contributed by atoms with Gasteiger partial charge in [0.2, 0.25) is 5.91 Å². The van der Waals surface area contributed by atoms with E-state index in [0.717, 1.165) is 6.07 Å². The van der Waals surface area contributed by atoms with Crippen LogP contribution in [-0.2, 0) is 11.0 Å². The van der Waals surface area contributed by atoms with Crippen molar-refractivity contribution in [2.45, 2.75) is 46.3 Å². The number of carbonyl (C=O) groups excluding carboxylic acids is 1. The smallest absolute Gasteiger partial charge is 0.394 e. The van der Waals surface area contributed by atoms with Gasteiger partial charge in [0, 0.05) is 11.0 Å². The van der Waals surface area contributed by atoms with Crippen LogP contribution in [-0.4, -0.2) is 38.3 Å². The number of carbonyl (C=O) groups is 1. The summed E-state index contributed by atoms with van der Waals surface area (Å²) in [7, 11) is 0. The number of hydrogen-bond donors (Lipinski definition) is 3. The van der Waals surface area contributed by atoms with Crippen LogP contribution in [0.15, 0.2) is 36.5 Å². The first-order chi connectivity index (χ1) is 14.9. The number of aromatic nitrogens is 3. The van der Waals surface area contributed by atoms with E-state index in [9.17, 15) is 23.1 Å². The zero-order valence-electron chi connectivity index (χ0n) is 18.3. The Morgan fingerprint density at radius 1 is 1.19 bits per heavy atom. The molecule has 10 heteroatoms. The number of aliphatic hydroxyl groups excluding tert-OH is 1. The Labute approximate surface area is 183 Å². The van der Waals surface area contributed by atoms with Crippen LogP contribution < -0.4 is 10.6 Å². The number of halogens is 3. The largest absolute Gasteiger partial charge is 0.418 e. The number of aliphatic hydroxyl groups is 1. The van der Waals surface area contributed by atoms with Crippen molar-refractivity contribution in [1.82, 2.24) is 14.6 Å². The Kier molecular flexibility index (Phi) is 6.45. The molecule has 1 amide bonds. The summed E-state index contributed by atoms with van der Waals surface area (Å²) in [6, 6.07) is 6.81. The molecule has 0 saturated heterocycles. The highest BCUT2D eigenvalue weighted by Crippen LogP contribution is 2.37. The van der Waals surface area contributed by atoms with E-state index in [2.05, 4.69) is 20.7 Å². The second-order valence-corrected chi connectivity index (χ2v) is 8.54. The Morgan fingerprint density at radius 2 is 1.91 bits per heavy atom. The molecule has 7 nitrogen and oxygen atoms in total. The summed E-state index contributed by atoms with van der Waals surface area (Å²) in [6.07, 6.45) is -2.32. The van der Waals surface area contributed by atoms with Gasteiger partial charge < -0.3 is 15.7 Å². The van der Waals surface area contributed by atoms with E-state index >= 15 is 0 Å². The maximum Gasteiger partial charge on any atom is 0.418 e. The molecule has 1 atom stereocenters. The Bertz CT molecular complexity index is 1110. The molecule has 1 unspecified atom stereocenters. The quantitative estimate of drug-likeness (QED) is 0.512. The van der Waals surface area contributed by atoms with Gasteiger partial charge in [-0.05, 0) is 30.7 Å². The van der Waals surface area contributed by atoms with E-state index in [4.69, 9.17) is 0 Å². The van der Waals surface area contributed by atoms with Crippen LogP contribution in [0.2, 0.25) is 0 Å². The van der Waals surface area contributed by atoms with Crippen LogP contribution in [0.4, 0.5) is 24.7 Å². The van der Waals surface area contributed by atoms with Crippen molar-refractivity contribution in [2.24, 2.45) is 5.41 Å². The second-order valence-electron chi connectivity index (χ2n) is 8.54. The fourth-order valence-corrected chi connectivity index (χ4v) is 2.95. The zero-order valence-corrected chi connectivity index (χ0v) is 18.3. The van der Waals surface area contributed by atoms with Gasteiger partial charge in [-0.2, -0.15) is 13.2 Å². The van der Waals surface area contributed by atoms with Gasteiger partial charge in [-0.3, -0.25) is 4.79 Å². The molecule has 2 heterocycles. The van der Waals surface area contributed by atoms with Crippen LogP contribution in [0.25, 0.3) is 16.9 Å². The van der Waals surface area contributed by atoms with Gasteiger partial charge in [0.15, 0.2) is 5.65 Å². The first-order valence-corrected chi connectivity index (χ1v) is 10.2. The number of nitrogens with one attached hydrogen (secondary N) is 2. The van der Waals surface area contributed by atoms with Crippen molar-refractivity contribution in [3.05, 3.63) is 42.1 Å². The highest BCUT2D eigenvalue weighted by atomic mass is 19.4. The molecule has 0 aliphatic heterocycles. The number of hydrogen-bond acceptors (Lipinski definition) is 5. The van der Waals surface area contributed by atoms with Gasteiger partial charge in [0.1, 0.15) is 5.82 Å². The molecule has 32 heavy (non-hydrogen) atoms. The average molecular weight is 449 g/mol. The van der Waals surface area contributed by atoms with E-state index in [-0.39, 0.29) is 18.3 Å². The maximum absolute atomic E-state index is 13.5. The van der Waals surface area contributed by atoms with Crippen LogP contribution in [0, 0.1) is 5.41 Å². The predicted molar refractivity (Wildman–Crippen MR) is 116 cm³/mol. The van der Waals surface area contributed by atoms with Crippen LogP contribution in [0.5, 0.6) is 0 Å². The van der Waals surface area contributed by atoms with E-state index < -0.39 is 23.1 Å². The van der Waals surface area contributed by atoms with Crippen LogP contribution in [0.1, 0.15) is 39.7 Å². The number of fused-ring (bicyclic) bond motifs is 1. The van der Waals surface area contributed by atoms with Gasteiger partial charge in [-0.1, -0.05) is 33.8 Å². The van der Waals surface area contributed by atoms with Gasteiger partial charge >= 0.3 is 6.18 Å². The number of rotatable bonds is 6. The average Bonchev–Trinajstić information content (AvgIpc) is 3.13. The third kappa shape index (κ3) is 5.18. The summed E-state index contributed by atoms with van der Waals surface area (Å²) in [5, 5.41) is 19.3. The number of amides is 1. The lowest BCUT2D eigenvalue weighted by molar-refractivity contribution is -0.137. The molecule has 0 saturated carbocycles. The van der Waals surface area contributed by atoms with Crippen molar-refractivity contribution in [1.29, 1.82) is 0 Å². The van der Waals surface area contributed by atoms with Crippen molar-refractivity contribution in [3.63, 3.8) is 0 Å². The highest BCUT2D eigenvalue weighted by Gasteiger charge is 2.35. The fraction of sp³-hybridized carbons (Fsp3) is 0.409. The lowest BCUT2D eigenvalue weighted by atomic mass is 9.95. The molecule has 0 aliphatic carbocycles. The summed E-state index contributed by atoms with van der Waals surface area (Å²) in [4.78, 5) is 16.8. The van der Waals surface area contributed by atoms with E-state index in [1.807, 2.05) is 6.92 Å². The van der Waals surface area contributed by atoms with E-state index in [1.165, 1.54) is 16.6 Å². The lowest BCUT2D eigenvalue weighted by Crippen LogP contribution is -2.28. The predicted octanol–water partition coefficient (Wildman–Crippen LogP) is 4.58. The Morgan fingerprint density at radius 3 is 2.50 bits per heavy atom. The number of benzene rings is 1. The van der Waals surface area contributed by atoms with Gasteiger partial charge in [0.25, 0.3) is 0 Å². The van der Waals surface area contributed by atoms with Crippen molar-refractivity contribution >= 4 is 23.1 Å². The molecular weight excluding hydrogens is 423 g/mol. The zero-order chi connectivity index (χ0) is 23.7. The van der Waals surface area contributed by atoms with Gasteiger partial charge in [-0.15, -0.1) is 5.10 Å². The Hall–Kier alpha value is -3.14. The first-order valence-electron chi connectivity index (χ1n) is 10.2. The molecule has 3 aromatic rings. The minimum Gasteiger partial charge on any atom is -0.394 e. The number of nitrogens with zero attached hydrogens (tertiary/aromatic N) is 3. The minimum atomic E-state index is -4.62.